The molecule has 1 rings (SSSR count). The predicted octanol–water partition coefficient (Wildman–Crippen LogP) is 1.07. The van der Waals surface area contributed by atoms with E-state index in [-0.39, 0.29) is 5.66 Å². The summed E-state index contributed by atoms with van der Waals surface area (Å²) in [5.41, 5.74) is -0.0906. The van der Waals surface area contributed by atoms with Crippen molar-refractivity contribution < 1.29 is 0 Å². The van der Waals surface area contributed by atoms with Gasteiger partial charge in [-0.2, -0.15) is 0 Å². The van der Waals surface area contributed by atoms with Gasteiger partial charge in [0.05, 0.1) is 12.8 Å². The normalized spacial score (nSPS) is 27.0. The fourth-order valence-corrected chi connectivity index (χ4v) is 4.81. The van der Waals surface area contributed by atoms with Gasteiger partial charge < -0.3 is 9.80 Å². The van der Waals surface area contributed by atoms with E-state index in [0.717, 1.165) is 32.6 Å². The first-order valence-electron chi connectivity index (χ1n) is 9.49. The highest BCUT2D eigenvalue weighted by molar-refractivity contribution is 5.08. The molecule has 0 bridgehead atoms. The first-order valence-corrected chi connectivity index (χ1v) is 9.49. The Balaban J connectivity index is 3.49. The van der Waals surface area contributed by atoms with Crippen LogP contribution in [-0.4, -0.2) is 99.1 Å². The van der Waals surface area contributed by atoms with Crippen molar-refractivity contribution in [2.75, 3.05) is 55.6 Å². The average Bonchev–Trinajstić information content (AvgIpc) is 2.50. The minimum Gasteiger partial charge on any atom is -0.303 e. The van der Waals surface area contributed by atoms with Crippen LogP contribution in [0.5, 0.6) is 0 Å². The smallest absolute Gasteiger partial charge is 0.106 e. The number of nitrogens with one attached hydrogen (secondary N) is 2. The van der Waals surface area contributed by atoms with Crippen molar-refractivity contribution in [3.8, 4) is 0 Å². The van der Waals surface area contributed by atoms with E-state index in [1.165, 1.54) is 0 Å². The molecule has 2 N–H and O–H groups in total. The highest BCUT2D eigenvalue weighted by Crippen LogP contribution is 2.34. The zero-order valence-electron chi connectivity index (χ0n) is 17.6. The molecule has 0 radical (unpaired) electrons. The largest absolute Gasteiger partial charge is 0.303 e. The Kier molecular flexibility index (Phi) is 8.59. The monoisotopic (exact) mass is 342 g/mol. The van der Waals surface area contributed by atoms with Gasteiger partial charge in [-0.3, -0.25) is 20.4 Å². The Hall–Kier alpha value is -0.240. The van der Waals surface area contributed by atoms with Gasteiger partial charge in [0.15, 0.2) is 0 Å². The molecule has 0 saturated carbocycles. The quantitative estimate of drug-likeness (QED) is 0.653. The van der Waals surface area contributed by atoms with E-state index < -0.39 is 0 Å². The molecule has 0 spiro atoms. The summed E-state index contributed by atoms with van der Waals surface area (Å²) < 4.78 is 0. The van der Waals surface area contributed by atoms with E-state index in [1.54, 1.807) is 0 Å². The van der Waals surface area contributed by atoms with Crippen LogP contribution >= 0.6 is 0 Å². The summed E-state index contributed by atoms with van der Waals surface area (Å²) >= 11 is 0. The van der Waals surface area contributed by atoms with E-state index in [2.05, 4.69) is 93.3 Å². The van der Waals surface area contributed by atoms with Crippen LogP contribution < -0.4 is 10.6 Å². The number of nitrogens with zero attached hydrogens (tertiary/aromatic N) is 4. The molecule has 0 aromatic heterocycles. The van der Waals surface area contributed by atoms with Gasteiger partial charge in [-0.15, -0.1) is 0 Å². The van der Waals surface area contributed by atoms with Gasteiger partial charge in [-0.25, -0.2) is 0 Å². The first-order chi connectivity index (χ1) is 11.3. The standard InChI is InChI=1S/C18H42N6/c1-10-15(21(4)5)18(16(11-2)22(6)7)20-13-19-14-24(18)17(12-3)23(8)9/h15-17,19-20H,10-14H2,1-9H3. The van der Waals surface area contributed by atoms with Crippen molar-refractivity contribution in [1.82, 2.24) is 30.2 Å². The summed E-state index contributed by atoms with van der Waals surface area (Å²) in [6, 6.07) is 0.863. The summed E-state index contributed by atoms with van der Waals surface area (Å²) in [7, 11) is 13.3. The number of hydrogen-bond acceptors (Lipinski definition) is 6. The summed E-state index contributed by atoms with van der Waals surface area (Å²) in [6.45, 7) is 8.69. The fourth-order valence-electron chi connectivity index (χ4n) is 4.81. The van der Waals surface area contributed by atoms with Crippen LogP contribution in [0.25, 0.3) is 0 Å². The molecule has 24 heavy (non-hydrogen) atoms. The minimum absolute atomic E-state index is 0.0906. The molecule has 0 aliphatic carbocycles. The van der Waals surface area contributed by atoms with E-state index >= 15 is 0 Å². The Morgan fingerprint density at radius 2 is 1.33 bits per heavy atom. The Morgan fingerprint density at radius 1 is 0.833 bits per heavy atom. The molecular weight excluding hydrogens is 300 g/mol. The molecule has 1 aliphatic rings. The first kappa shape index (κ1) is 21.8. The number of rotatable bonds is 9. The number of likely N-dealkylation sites (N-methyl/N-ethyl adjacent to an activating group) is 2. The van der Waals surface area contributed by atoms with Gasteiger partial charge in [0, 0.05) is 18.8 Å². The molecule has 1 heterocycles. The lowest BCUT2D eigenvalue weighted by molar-refractivity contribution is -0.139. The summed E-state index contributed by atoms with van der Waals surface area (Å²) in [6.07, 6.45) is 3.73. The maximum atomic E-state index is 3.92. The SMILES string of the molecule is CCC(N(C)C)N1CNCNC1(C(CC)N(C)C)C(CC)N(C)C. The van der Waals surface area contributed by atoms with Gasteiger partial charge in [-0.05, 0) is 61.5 Å². The van der Waals surface area contributed by atoms with Crippen LogP contribution in [0, 0.1) is 0 Å². The van der Waals surface area contributed by atoms with Crippen molar-refractivity contribution in [3.05, 3.63) is 0 Å². The van der Waals surface area contributed by atoms with Crippen LogP contribution in [0.4, 0.5) is 0 Å². The third-order valence-electron chi connectivity index (χ3n) is 5.61. The summed E-state index contributed by atoms with van der Waals surface area (Å²) in [4.78, 5) is 9.83. The second-order valence-corrected chi connectivity index (χ2v) is 7.68. The maximum Gasteiger partial charge on any atom is 0.106 e. The van der Waals surface area contributed by atoms with E-state index in [4.69, 9.17) is 0 Å². The summed E-state index contributed by atoms with van der Waals surface area (Å²) in [5, 5.41) is 7.47. The third-order valence-corrected chi connectivity index (χ3v) is 5.61. The molecule has 0 amide bonds. The van der Waals surface area contributed by atoms with Gasteiger partial charge in [0.25, 0.3) is 0 Å². The van der Waals surface area contributed by atoms with Gasteiger partial charge in [-0.1, -0.05) is 20.8 Å². The van der Waals surface area contributed by atoms with Crippen LogP contribution in [-0.2, 0) is 0 Å². The van der Waals surface area contributed by atoms with Crippen LogP contribution in [0.3, 0.4) is 0 Å². The second-order valence-electron chi connectivity index (χ2n) is 7.68. The van der Waals surface area contributed by atoms with E-state index in [9.17, 15) is 0 Å². The third kappa shape index (κ3) is 4.11. The summed E-state index contributed by atoms with van der Waals surface area (Å²) in [5.74, 6) is 0. The zero-order valence-corrected chi connectivity index (χ0v) is 17.6. The molecular formula is C18H42N6. The van der Waals surface area contributed by atoms with Crippen molar-refractivity contribution in [2.24, 2.45) is 0 Å². The average molecular weight is 343 g/mol. The molecule has 0 aromatic rings. The van der Waals surface area contributed by atoms with Crippen molar-refractivity contribution >= 4 is 0 Å². The van der Waals surface area contributed by atoms with Crippen molar-refractivity contribution in [2.45, 2.75) is 63.9 Å². The predicted molar refractivity (Wildman–Crippen MR) is 104 cm³/mol. The van der Waals surface area contributed by atoms with E-state index in [1.807, 2.05) is 0 Å². The highest BCUT2D eigenvalue weighted by atomic mass is 15.5. The van der Waals surface area contributed by atoms with Gasteiger partial charge in [0.1, 0.15) is 5.66 Å². The molecule has 3 atom stereocenters. The molecule has 6 heteroatoms. The number of hydrogen-bond donors (Lipinski definition) is 2. The lowest BCUT2D eigenvalue weighted by Crippen LogP contribution is -2.82. The van der Waals surface area contributed by atoms with Gasteiger partial charge in [0.2, 0.25) is 0 Å². The molecule has 144 valence electrons. The topological polar surface area (TPSA) is 37.0 Å². The second kappa shape index (κ2) is 9.46. The molecule has 3 unspecified atom stereocenters. The minimum atomic E-state index is -0.0906. The van der Waals surface area contributed by atoms with Crippen LogP contribution in [0.15, 0.2) is 0 Å². The molecule has 1 saturated heterocycles. The van der Waals surface area contributed by atoms with Crippen molar-refractivity contribution in [3.63, 3.8) is 0 Å². The molecule has 6 nitrogen and oxygen atoms in total. The van der Waals surface area contributed by atoms with Gasteiger partial charge >= 0.3 is 0 Å². The molecule has 1 aliphatic heterocycles. The zero-order chi connectivity index (χ0) is 18.5. The Morgan fingerprint density at radius 3 is 1.67 bits per heavy atom. The van der Waals surface area contributed by atoms with Crippen LogP contribution in [0.1, 0.15) is 40.0 Å². The molecule has 1 fully saturated rings. The van der Waals surface area contributed by atoms with Crippen LogP contribution in [0.2, 0.25) is 0 Å². The molecule has 0 aromatic carbocycles. The maximum absolute atomic E-state index is 3.92. The van der Waals surface area contributed by atoms with Crippen molar-refractivity contribution in [1.29, 1.82) is 0 Å². The highest BCUT2D eigenvalue weighted by Gasteiger charge is 2.53. The lowest BCUT2D eigenvalue weighted by Gasteiger charge is -2.61. The lowest BCUT2D eigenvalue weighted by atomic mass is 9.83. The fraction of sp³-hybridized carbons (Fsp3) is 1.00. The van der Waals surface area contributed by atoms with E-state index in [0.29, 0.717) is 18.2 Å². The Bertz CT molecular complexity index is 341. The Labute approximate surface area is 150 Å².